The van der Waals surface area contributed by atoms with Gasteiger partial charge in [-0.25, -0.2) is 0 Å². The van der Waals surface area contributed by atoms with Crippen molar-refractivity contribution in [2.45, 2.75) is 0 Å². The Hall–Kier alpha value is -7.16. The third-order valence-electron chi connectivity index (χ3n) is 10.5. The number of anilines is 3. The van der Waals surface area contributed by atoms with E-state index in [0.717, 1.165) is 39.4 Å². The van der Waals surface area contributed by atoms with Gasteiger partial charge in [-0.3, -0.25) is 0 Å². The number of fused-ring (bicyclic) bond motifs is 4. The van der Waals surface area contributed by atoms with Gasteiger partial charge < -0.3 is 9.32 Å². The molecule has 0 saturated heterocycles. The van der Waals surface area contributed by atoms with Gasteiger partial charge in [-0.1, -0.05) is 158 Å². The fraction of sp³-hybridized carbons (Fsp3) is 0. The predicted molar refractivity (Wildman–Crippen MR) is 228 cm³/mol. The highest BCUT2D eigenvalue weighted by molar-refractivity contribution is 6.08. The monoisotopic (exact) mass is 689 g/mol. The summed E-state index contributed by atoms with van der Waals surface area (Å²) in [5, 5.41) is 6.15. The molecule has 1 heterocycles. The summed E-state index contributed by atoms with van der Waals surface area (Å²) < 4.78 is 6.46. The quantitative estimate of drug-likeness (QED) is 0.155. The molecule has 54 heavy (non-hydrogen) atoms. The molecule has 9 aromatic carbocycles. The molecule has 0 unspecified atom stereocenters. The number of rotatable bonds is 7. The van der Waals surface area contributed by atoms with Crippen LogP contribution in [0.5, 0.6) is 0 Å². The van der Waals surface area contributed by atoms with Crippen LogP contribution in [0.25, 0.3) is 77.2 Å². The maximum Gasteiger partial charge on any atom is 0.137 e. The molecule has 2 nitrogen and oxygen atoms in total. The Bertz CT molecular complexity index is 2890. The van der Waals surface area contributed by atoms with Crippen LogP contribution in [-0.4, -0.2) is 0 Å². The van der Waals surface area contributed by atoms with Crippen LogP contribution < -0.4 is 4.90 Å². The molecule has 0 aliphatic carbocycles. The molecule has 254 valence electrons. The Balaban J connectivity index is 1.07. The van der Waals surface area contributed by atoms with E-state index in [1.54, 1.807) is 0 Å². The zero-order chi connectivity index (χ0) is 35.8. The van der Waals surface area contributed by atoms with Crippen LogP contribution in [0.2, 0.25) is 0 Å². The van der Waals surface area contributed by atoms with Gasteiger partial charge in [-0.2, -0.15) is 0 Å². The van der Waals surface area contributed by atoms with Crippen molar-refractivity contribution in [3.63, 3.8) is 0 Å². The molecule has 0 amide bonds. The maximum absolute atomic E-state index is 6.46. The highest BCUT2D eigenvalue weighted by atomic mass is 16.3. The molecular weight excluding hydrogens is 655 g/mol. The highest BCUT2D eigenvalue weighted by Gasteiger charge is 2.20. The lowest BCUT2D eigenvalue weighted by Gasteiger charge is -2.28. The van der Waals surface area contributed by atoms with E-state index in [-0.39, 0.29) is 0 Å². The Morgan fingerprint density at radius 2 is 0.852 bits per heavy atom. The minimum atomic E-state index is 0.838. The van der Waals surface area contributed by atoms with Crippen LogP contribution in [0.3, 0.4) is 0 Å². The van der Waals surface area contributed by atoms with Gasteiger partial charge in [0, 0.05) is 22.3 Å². The molecule has 0 N–H and O–H groups in total. The first-order valence-corrected chi connectivity index (χ1v) is 18.4. The molecular formula is C52H35NO. The molecule has 10 aromatic rings. The second-order valence-corrected chi connectivity index (χ2v) is 13.7. The molecule has 10 rings (SSSR count). The Kier molecular flexibility index (Phi) is 7.85. The fourth-order valence-corrected chi connectivity index (χ4v) is 7.81. The van der Waals surface area contributed by atoms with Crippen LogP contribution in [0.4, 0.5) is 17.1 Å². The van der Waals surface area contributed by atoms with E-state index in [1.807, 2.05) is 12.1 Å². The van der Waals surface area contributed by atoms with E-state index >= 15 is 0 Å². The maximum atomic E-state index is 6.46. The van der Waals surface area contributed by atoms with Crippen LogP contribution in [0.15, 0.2) is 217 Å². The van der Waals surface area contributed by atoms with E-state index in [9.17, 15) is 0 Å². The van der Waals surface area contributed by atoms with Crippen LogP contribution >= 0.6 is 0 Å². The summed E-state index contributed by atoms with van der Waals surface area (Å²) in [7, 11) is 0. The molecule has 0 spiro atoms. The summed E-state index contributed by atoms with van der Waals surface area (Å²) in [6, 6.07) is 75.8. The molecule has 0 aliphatic rings. The Labute approximate surface area is 314 Å². The third kappa shape index (κ3) is 5.71. The summed E-state index contributed by atoms with van der Waals surface area (Å²) in [5.74, 6) is 0.838. The van der Waals surface area contributed by atoms with E-state index < -0.39 is 0 Å². The van der Waals surface area contributed by atoms with E-state index in [4.69, 9.17) is 4.42 Å². The standard InChI is InChI=1S/C52H35NO/c1-2-12-37(13-3-1)45-17-7-8-18-47(45)39-26-31-44(32-27-39)53(50-20-10-9-19-49(50)52-35-42-15-5-11-21-51(42)54-52)43-29-24-36(25-30-43)40-28-33-48-41(34-40)23-22-38-14-4-6-16-46(38)48/h1-35H. The van der Waals surface area contributed by atoms with E-state index in [1.165, 1.54) is 54.9 Å². The highest BCUT2D eigenvalue weighted by Crippen LogP contribution is 2.43. The zero-order valence-electron chi connectivity index (χ0n) is 29.6. The average molecular weight is 690 g/mol. The van der Waals surface area contributed by atoms with Crippen LogP contribution in [0.1, 0.15) is 0 Å². The van der Waals surface area contributed by atoms with Gasteiger partial charge in [-0.05, 0) is 110 Å². The first kappa shape index (κ1) is 31.6. The van der Waals surface area contributed by atoms with Gasteiger partial charge in [0.15, 0.2) is 0 Å². The van der Waals surface area contributed by atoms with Crippen molar-refractivity contribution in [2.75, 3.05) is 4.90 Å². The van der Waals surface area contributed by atoms with Crippen LogP contribution in [-0.2, 0) is 0 Å². The van der Waals surface area contributed by atoms with Gasteiger partial charge in [-0.15, -0.1) is 0 Å². The lowest BCUT2D eigenvalue weighted by Crippen LogP contribution is -2.11. The van der Waals surface area contributed by atoms with Gasteiger partial charge in [0.2, 0.25) is 0 Å². The van der Waals surface area contributed by atoms with E-state index in [0.29, 0.717) is 0 Å². The topological polar surface area (TPSA) is 16.4 Å². The summed E-state index contributed by atoms with van der Waals surface area (Å²) in [6.07, 6.45) is 0. The molecule has 0 radical (unpaired) electrons. The number of nitrogens with zero attached hydrogens (tertiary/aromatic N) is 1. The number of furan rings is 1. The molecule has 0 aliphatic heterocycles. The van der Waals surface area contributed by atoms with Crippen molar-refractivity contribution >= 4 is 49.6 Å². The number of hydrogen-bond acceptors (Lipinski definition) is 2. The van der Waals surface area contributed by atoms with Crippen molar-refractivity contribution in [1.29, 1.82) is 0 Å². The van der Waals surface area contributed by atoms with E-state index in [2.05, 4.69) is 205 Å². The van der Waals surface area contributed by atoms with Crippen molar-refractivity contribution in [1.82, 2.24) is 0 Å². The number of hydrogen-bond donors (Lipinski definition) is 0. The van der Waals surface area contributed by atoms with Gasteiger partial charge in [0.25, 0.3) is 0 Å². The molecule has 1 aromatic heterocycles. The third-order valence-corrected chi connectivity index (χ3v) is 10.5. The van der Waals surface area contributed by atoms with Crippen molar-refractivity contribution < 1.29 is 4.42 Å². The summed E-state index contributed by atoms with van der Waals surface area (Å²) in [4.78, 5) is 2.34. The van der Waals surface area contributed by atoms with Gasteiger partial charge in [0.05, 0.1) is 5.69 Å². The Morgan fingerprint density at radius 1 is 0.315 bits per heavy atom. The SMILES string of the molecule is c1ccc(-c2ccccc2-c2ccc(N(c3ccc(-c4ccc5c(ccc6ccccc65)c4)cc3)c3ccccc3-c3cc4ccccc4o3)cc2)cc1. The van der Waals surface area contributed by atoms with Crippen molar-refractivity contribution in [2.24, 2.45) is 0 Å². The smallest absolute Gasteiger partial charge is 0.137 e. The summed E-state index contributed by atoms with van der Waals surface area (Å²) in [6.45, 7) is 0. The molecule has 2 heteroatoms. The van der Waals surface area contributed by atoms with Crippen molar-refractivity contribution in [3.05, 3.63) is 212 Å². The molecule has 0 saturated carbocycles. The number of para-hydroxylation sites is 2. The fourth-order valence-electron chi connectivity index (χ4n) is 7.81. The van der Waals surface area contributed by atoms with Gasteiger partial charge in [0.1, 0.15) is 11.3 Å². The average Bonchev–Trinajstić information content (AvgIpc) is 3.69. The first-order chi connectivity index (χ1) is 26.8. The molecule has 0 atom stereocenters. The van der Waals surface area contributed by atoms with Crippen molar-refractivity contribution in [3.8, 4) is 44.7 Å². The normalized spacial score (nSPS) is 11.3. The van der Waals surface area contributed by atoms with Crippen LogP contribution in [0, 0.1) is 0 Å². The predicted octanol–water partition coefficient (Wildman–Crippen LogP) is 14.9. The Morgan fingerprint density at radius 3 is 1.59 bits per heavy atom. The lowest BCUT2D eigenvalue weighted by atomic mass is 9.94. The molecule has 0 fully saturated rings. The minimum Gasteiger partial charge on any atom is -0.456 e. The molecule has 0 bridgehead atoms. The second-order valence-electron chi connectivity index (χ2n) is 13.7. The second kappa shape index (κ2) is 13.4. The number of benzene rings is 9. The largest absolute Gasteiger partial charge is 0.456 e. The zero-order valence-corrected chi connectivity index (χ0v) is 29.6. The lowest BCUT2D eigenvalue weighted by molar-refractivity contribution is 0.631. The minimum absolute atomic E-state index is 0.838. The van der Waals surface area contributed by atoms with Gasteiger partial charge >= 0.3 is 0 Å². The summed E-state index contributed by atoms with van der Waals surface area (Å²) in [5.41, 5.74) is 12.2. The summed E-state index contributed by atoms with van der Waals surface area (Å²) >= 11 is 0. The first-order valence-electron chi connectivity index (χ1n) is 18.4.